The number of hydrogen-bond donors (Lipinski definition) is 1. The molecule has 0 saturated heterocycles. The van der Waals surface area contributed by atoms with Crippen molar-refractivity contribution in [3.05, 3.63) is 0 Å². The molecule has 0 spiro atoms. The van der Waals surface area contributed by atoms with Crippen LogP contribution in [0.2, 0.25) is 0 Å². The Morgan fingerprint density at radius 1 is 1.33 bits per heavy atom. The normalized spacial score (nSPS) is 9.67. The van der Waals surface area contributed by atoms with Crippen molar-refractivity contribution >= 4 is 23.5 Å². The van der Waals surface area contributed by atoms with Crippen molar-refractivity contribution in [3.8, 4) is 12.3 Å². The van der Waals surface area contributed by atoms with Crippen LogP contribution in [0.15, 0.2) is 0 Å². The summed E-state index contributed by atoms with van der Waals surface area (Å²) in [5, 5.41) is 3.38. The summed E-state index contributed by atoms with van der Waals surface area (Å²) in [4.78, 5) is 0. The Kier molecular flexibility index (Phi) is 11.4. The van der Waals surface area contributed by atoms with Crippen molar-refractivity contribution in [2.45, 2.75) is 6.42 Å². The molecular formula is C9H17NS2. The van der Waals surface area contributed by atoms with Gasteiger partial charge in [-0.15, -0.1) is 18.2 Å². The summed E-state index contributed by atoms with van der Waals surface area (Å²) in [6, 6.07) is 0. The van der Waals surface area contributed by atoms with E-state index in [1.807, 2.05) is 23.5 Å². The minimum Gasteiger partial charge on any atom is -0.316 e. The Morgan fingerprint density at radius 2 is 2.17 bits per heavy atom. The molecule has 0 fully saturated rings. The van der Waals surface area contributed by atoms with Gasteiger partial charge < -0.3 is 5.32 Å². The zero-order chi connectivity index (χ0) is 9.07. The molecular weight excluding hydrogens is 186 g/mol. The smallest absolute Gasteiger partial charge is 0.0545 e. The first-order valence-electron chi connectivity index (χ1n) is 4.12. The summed E-state index contributed by atoms with van der Waals surface area (Å²) in [7, 11) is 0. The molecule has 0 heterocycles. The molecule has 0 aliphatic rings. The molecule has 0 bridgehead atoms. The standard InChI is InChI=1S/C9H17NS2/c1-3-7-12-9-6-10-5-4-8-11-2/h1,10H,4-9H2,2H3. The molecule has 12 heavy (non-hydrogen) atoms. The van der Waals surface area contributed by atoms with Crippen molar-refractivity contribution in [2.75, 3.05) is 36.6 Å². The van der Waals surface area contributed by atoms with Crippen molar-refractivity contribution in [2.24, 2.45) is 0 Å². The highest BCUT2D eigenvalue weighted by molar-refractivity contribution is 7.99. The summed E-state index contributed by atoms with van der Waals surface area (Å²) in [6.07, 6.45) is 8.52. The fourth-order valence-electron chi connectivity index (χ4n) is 0.742. The molecule has 0 aromatic carbocycles. The van der Waals surface area contributed by atoms with Crippen LogP contribution in [0, 0.1) is 12.3 Å². The predicted molar refractivity (Wildman–Crippen MR) is 62.0 cm³/mol. The lowest BCUT2D eigenvalue weighted by atomic mass is 10.5. The predicted octanol–water partition coefficient (Wildman–Crippen LogP) is 1.70. The average molecular weight is 203 g/mol. The molecule has 0 atom stereocenters. The molecule has 0 aromatic heterocycles. The van der Waals surface area contributed by atoms with Crippen molar-refractivity contribution in [1.82, 2.24) is 5.32 Å². The first kappa shape index (κ1) is 12.2. The molecule has 0 radical (unpaired) electrons. The van der Waals surface area contributed by atoms with Gasteiger partial charge in [-0.05, 0) is 25.0 Å². The molecule has 0 amide bonds. The van der Waals surface area contributed by atoms with E-state index < -0.39 is 0 Å². The lowest BCUT2D eigenvalue weighted by Gasteiger charge is -2.01. The maximum Gasteiger partial charge on any atom is 0.0545 e. The van der Waals surface area contributed by atoms with Gasteiger partial charge in [-0.3, -0.25) is 0 Å². The number of thioether (sulfide) groups is 2. The third-order valence-electron chi connectivity index (χ3n) is 1.31. The van der Waals surface area contributed by atoms with Crippen LogP contribution in [0.25, 0.3) is 0 Å². The van der Waals surface area contributed by atoms with Gasteiger partial charge in [0.2, 0.25) is 0 Å². The maximum atomic E-state index is 5.11. The third-order valence-corrected chi connectivity index (χ3v) is 2.87. The van der Waals surface area contributed by atoms with E-state index in [2.05, 4.69) is 17.5 Å². The average Bonchev–Trinajstić information content (AvgIpc) is 2.10. The van der Waals surface area contributed by atoms with Crippen molar-refractivity contribution < 1.29 is 0 Å². The highest BCUT2D eigenvalue weighted by Crippen LogP contribution is 1.96. The molecule has 0 saturated carbocycles. The van der Waals surface area contributed by atoms with Crippen LogP contribution in [0.5, 0.6) is 0 Å². The second-order valence-corrected chi connectivity index (χ2v) is 4.44. The van der Waals surface area contributed by atoms with Gasteiger partial charge >= 0.3 is 0 Å². The van der Waals surface area contributed by atoms with Crippen LogP contribution < -0.4 is 5.32 Å². The first-order chi connectivity index (χ1) is 5.91. The zero-order valence-corrected chi connectivity index (χ0v) is 9.27. The molecule has 0 aliphatic heterocycles. The Bertz CT molecular complexity index is 120. The topological polar surface area (TPSA) is 12.0 Å². The summed E-state index contributed by atoms with van der Waals surface area (Å²) < 4.78 is 0. The van der Waals surface area contributed by atoms with Crippen LogP contribution in [0.3, 0.4) is 0 Å². The van der Waals surface area contributed by atoms with Gasteiger partial charge in [-0.1, -0.05) is 5.92 Å². The summed E-state index contributed by atoms with van der Waals surface area (Å²) >= 11 is 3.72. The Labute approximate surface area is 84.5 Å². The zero-order valence-electron chi connectivity index (χ0n) is 7.64. The molecule has 1 nitrogen and oxygen atoms in total. The van der Waals surface area contributed by atoms with Crippen LogP contribution in [0.1, 0.15) is 6.42 Å². The van der Waals surface area contributed by atoms with E-state index in [0.717, 1.165) is 24.6 Å². The highest BCUT2D eigenvalue weighted by atomic mass is 32.2. The van der Waals surface area contributed by atoms with Gasteiger partial charge in [-0.2, -0.15) is 11.8 Å². The number of rotatable bonds is 8. The van der Waals surface area contributed by atoms with Crippen LogP contribution in [-0.2, 0) is 0 Å². The van der Waals surface area contributed by atoms with Gasteiger partial charge in [0.1, 0.15) is 0 Å². The van der Waals surface area contributed by atoms with E-state index in [0.29, 0.717) is 0 Å². The van der Waals surface area contributed by atoms with Gasteiger partial charge in [0.05, 0.1) is 5.75 Å². The molecule has 0 aromatic rings. The monoisotopic (exact) mass is 203 g/mol. The van der Waals surface area contributed by atoms with Crippen molar-refractivity contribution in [3.63, 3.8) is 0 Å². The van der Waals surface area contributed by atoms with E-state index in [1.54, 1.807) is 0 Å². The molecule has 0 aliphatic carbocycles. The lowest BCUT2D eigenvalue weighted by Crippen LogP contribution is -2.18. The van der Waals surface area contributed by atoms with Crippen LogP contribution >= 0.6 is 23.5 Å². The molecule has 0 rings (SSSR count). The molecule has 1 N–H and O–H groups in total. The van der Waals surface area contributed by atoms with E-state index in [-0.39, 0.29) is 0 Å². The highest BCUT2D eigenvalue weighted by Gasteiger charge is 1.87. The number of nitrogens with one attached hydrogen (secondary N) is 1. The molecule has 70 valence electrons. The maximum absolute atomic E-state index is 5.11. The number of hydrogen-bond acceptors (Lipinski definition) is 3. The second kappa shape index (κ2) is 11.2. The fraction of sp³-hybridized carbons (Fsp3) is 0.778. The van der Waals surface area contributed by atoms with Crippen molar-refractivity contribution in [1.29, 1.82) is 0 Å². The fourth-order valence-corrected chi connectivity index (χ4v) is 1.73. The van der Waals surface area contributed by atoms with E-state index in [9.17, 15) is 0 Å². The first-order valence-corrected chi connectivity index (χ1v) is 6.67. The quantitative estimate of drug-likeness (QED) is 0.476. The van der Waals surface area contributed by atoms with Gasteiger partial charge in [0.15, 0.2) is 0 Å². The summed E-state index contributed by atoms with van der Waals surface area (Å²) in [5.74, 6) is 5.83. The summed E-state index contributed by atoms with van der Waals surface area (Å²) in [6.45, 7) is 2.22. The largest absolute Gasteiger partial charge is 0.316 e. The van der Waals surface area contributed by atoms with E-state index in [4.69, 9.17) is 6.42 Å². The number of terminal acetylenes is 1. The van der Waals surface area contributed by atoms with Crippen LogP contribution in [0.4, 0.5) is 0 Å². The minimum atomic E-state index is 0.840. The Hall–Kier alpha value is 0.220. The Morgan fingerprint density at radius 3 is 2.83 bits per heavy atom. The SMILES string of the molecule is C#CCSCCNCCCSC. The van der Waals surface area contributed by atoms with Crippen LogP contribution in [-0.4, -0.2) is 36.6 Å². The third kappa shape index (κ3) is 10.2. The van der Waals surface area contributed by atoms with Gasteiger partial charge in [0, 0.05) is 12.3 Å². The Balaban J connectivity index is 2.78. The lowest BCUT2D eigenvalue weighted by molar-refractivity contribution is 0.712. The molecule has 3 heteroatoms. The summed E-state index contributed by atoms with van der Waals surface area (Å²) in [5.41, 5.74) is 0. The minimum absolute atomic E-state index is 0.840. The van der Waals surface area contributed by atoms with Gasteiger partial charge in [-0.25, -0.2) is 0 Å². The van der Waals surface area contributed by atoms with Gasteiger partial charge in [0.25, 0.3) is 0 Å². The molecule has 0 unspecified atom stereocenters. The van der Waals surface area contributed by atoms with E-state index in [1.165, 1.54) is 12.2 Å². The second-order valence-electron chi connectivity index (χ2n) is 2.35. The van der Waals surface area contributed by atoms with E-state index >= 15 is 0 Å².